The molecule has 242 valence electrons. The molecule has 0 aliphatic carbocycles. The number of Topliss-reactive ketones (excluding diaryl/α,β-unsaturated/α-hetero) is 1. The van der Waals surface area contributed by atoms with Gasteiger partial charge in [-0.15, -0.1) is 0 Å². The molecule has 0 atom stereocenters. The molecule has 0 saturated heterocycles. The average Bonchev–Trinajstić information content (AvgIpc) is 3.47. The Bertz CT molecular complexity index is 3120. The van der Waals surface area contributed by atoms with E-state index in [9.17, 15) is 9.59 Å². The maximum atomic E-state index is 14.8. The molecule has 2 aromatic heterocycles. The van der Waals surface area contributed by atoms with Crippen molar-refractivity contribution < 1.29 is 4.79 Å². The van der Waals surface area contributed by atoms with E-state index >= 15 is 0 Å². The van der Waals surface area contributed by atoms with Crippen molar-refractivity contribution in [2.45, 2.75) is 20.8 Å². The number of hydrogen-bond acceptors (Lipinski definition) is 3. The predicted octanol–water partition coefficient (Wildman–Crippen LogP) is 13.0. The Morgan fingerprint density at radius 3 is 1.96 bits per heavy atom. The number of carbonyl (C=O) groups excluding carboxylic acids is 1. The van der Waals surface area contributed by atoms with Crippen LogP contribution in [-0.4, -0.2) is 15.2 Å². The zero-order valence-corrected chi connectivity index (χ0v) is 30.0. The van der Waals surface area contributed by atoms with Crippen molar-refractivity contribution in [1.29, 1.82) is 0 Å². The van der Waals surface area contributed by atoms with E-state index in [0.29, 0.717) is 96.2 Å². The monoisotopic (exact) mass is 728 g/mol. The molecule has 8 heteroatoms. The highest BCUT2D eigenvalue weighted by Gasteiger charge is 2.29. The number of pyridine rings is 1. The lowest BCUT2D eigenvalue weighted by molar-refractivity contribution is 0.101. The van der Waals surface area contributed by atoms with Crippen molar-refractivity contribution in [1.82, 2.24) is 9.38 Å². The van der Waals surface area contributed by atoms with E-state index in [1.165, 1.54) is 6.92 Å². The number of aromatic nitrogens is 2. The Morgan fingerprint density at radius 1 is 0.740 bits per heavy atom. The van der Waals surface area contributed by atoms with E-state index in [2.05, 4.69) is 32.2 Å². The van der Waals surface area contributed by atoms with Gasteiger partial charge < -0.3 is 0 Å². The topological polar surface area (TPSA) is 51.4 Å². The quantitative estimate of drug-likeness (QED) is 0.0784. The van der Waals surface area contributed by atoms with E-state index in [0.717, 1.165) is 33.0 Å². The maximum Gasteiger partial charge on any atom is 0.264 e. The first-order valence-corrected chi connectivity index (χ1v) is 17.4. The lowest BCUT2D eigenvalue weighted by atomic mass is 9.83. The summed E-state index contributed by atoms with van der Waals surface area (Å²) in [6, 6.07) is 15.2. The van der Waals surface area contributed by atoms with E-state index in [1.807, 2.05) is 43.3 Å². The van der Waals surface area contributed by atoms with E-state index in [-0.39, 0.29) is 11.3 Å². The molecule has 4 nitrogen and oxygen atoms in total. The third-order valence-corrected chi connectivity index (χ3v) is 11.3. The zero-order valence-electron chi connectivity index (χ0n) is 27.0. The summed E-state index contributed by atoms with van der Waals surface area (Å²) in [6.45, 7) is 13.4. The van der Waals surface area contributed by atoms with Crippen LogP contribution in [0.15, 0.2) is 78.6 Å². The molecule has 0 unspecified atom stereocenters. The minimum absolute atomic E-state index is 0.154. The van der Waals surface area contributed by atoms with Crippen LogP contribution in [0.4, 0.5) is 0 Å². The number of benzene rings is 7. The Morgan fingerprint density at radius 2 is 1.34 bits per heavy atom. The van der Waals surface area contributed by atoms with Crippen LogP contribution in [0.2, 0.25) is 20.1 Å². The summed E-state index contributed by atoms with van der Waals surface area (Å²) in [5, 5.41) is 9.60. The zero-order chi connectivity index (χ0) is 35.1. The summed E-state index contributed by atoms with van der Waals surface area (Å²) < 4.78 is 1.68. The normalized spacial score (nSPS) is 12.5. The van der Waals surface area contributed by atoms with Crippen molar-refractivity contribution in [2.24, 2.45) is 0 Å². The van der Waals surface area contributed by atoms with Gasteiger partial charge in [-0.05, 0) is 79.2 Å². The number of rotatable bonds is 4. The van der Waals surface area contributed by atoms with Crippen LogP contribution in [0.3, 0.4) is 0 Å². The lowest BCUT2D eigenvalue weighted by Crippen LogP contribution is -2.14. The van der Waals surface area contributed by atoms with E-state index in [1.54, 1.807) is 22.6 Å². The average molecular weight is 730 g/mol. The van der Waals surface area contributed by atoms with Crippen LogP contribution < -0.4 is 5.56 Å². The Hall–Kier alpha value is -4.71. The van der Waals surface area contributed by atoms with Gasteiger partial charge in [0.25, 0.3) is 5.56 Å². The van der Waals surface area contributed by atoms with Gasteiger partial charge in [-0.25, -0.2) is 4.98 Å². The van der Waals surface area contributed by atoms with Crippen LogP contribution in [0.1, 0.15) is 40.9 Å². The standard InChI is InChI=1S/C42H24Cl4N2O2/c1-6-7-8-20-12-24-21(11-18(20)4)9-10-31-40(24)48-41(47-31)25-15-29(45)36-34-27(43)13-22(17(2)3)32-23(19(5)49)14-28(44)35(38(32)34)37-30(46)16-26(42(48)50)33(25)39(36)37/h6-16H,1-2H2,3-5H3/b8-7-. The minimum Gasteiger partial charge on any atom is -0.294 e. The minimum atomic E-state index is -0.259. The fourth-order valence-electron chi connectivity index (χ4n) is 8.00. The number of halogens is 4. The molecule has 9 rings (SSSR count). The molecule has 0 spiro atoms. The van der Waals surface area contributed by atoms with Gasteiger partial charge in [-0.1, -0.05) is 95.5 Å². The summed E-state index contributed by atoms with van der Waals surface area (Å²) in [5.41, 5.74) is 5.62. The molecule has 0 saturated carbocycles. The molecule has 0 radical (unpaired) electrons. The van der Waals surface area contributed by atoms with Gasteiger partial charge in [-0.3, -0.25) is 14.0 Å². The third kappa shape index (κ3) is 3.93. The van der Waals surface area contributed by atoms with Crippen LogP contribution in [-0.2, 0) is 0 Å². The second kappa shape index (κ2) is 10.6. The first-order valence-electron chi connectivity index (χ1n) is 15.9. The molecular formula is C42H24Cl4N2O2. The molecule has 9 aromatic rings. The molecule has 0 amide bonds. The third-order valence-electron chi connectivity index (χ3n) is 10.1. The molecule has 0 N–H and O–H groups in total. The van der Waals surface area contributed by atoms with Gasteiger partial charge in [0, 0.05) is 79.5 Å². The number of allylic oxidation sites excluding steroid dienone is 3. The number of carbonyl (C=O) groups is 1. The fourth-order valence-corrected chi connectivity index (χ4v) is 9.19. The Balaban J connectivity index is 1.57. The lowest BCUT2D eigenvalue weighted by Gasteiger charge is -2.22. The van der Waals surface area contributed by atoms with Crippen molar-refractivity contribution in [2.75, 3.05) is 0 Å². The second-order valence-electron chi connectivity index (χ2n) is 13.0. The highest BCUT2D eigenvalue weighted by Crippen LogP contribution is 2.53. The van der Waals surface area contributed by atoms with Crippen molar-refractivity contribution in [3.8, 4) is 0 Å². The summed E-state index contributed by atoms with van der Waals surface area (Å²) in [5.74, 6) is -0.154. The van der Waals surface area contributed by atoms with Crippen LogP contribution >= 0.6 is 46.4 Å². The molecule has 2 heterocycles. The first kappa shape index (κ1) is 31.3. The van der Waals surface area contributed by atoms with Crippen molar-refractivity contribution in [3.05, 3.63) is 127 Å². The van der Waals surface area contributed by atoms with Gasteiger partial charge in [0.2, 0.25) is 0 Å². The summed E-state index contributed by atoms with van der Waals surface area (Å²) >= 11 is 28.8. The molecule has 0 aliphatic rings. The Labute approximate surface area is 305 Å². The van der Waals surface area contributed by atoms with E-state index in [4.69, 9.17) is 51.4 Å². The number of ketones is 1. The van der Waals surface area contributed by atoms with Crippen LogP contribution in [0.25, 0.3) is 93.0 Å². The smallest absolute Gasteiger partial charge is 0.264 e. The van der Waals surface area contributed by atoms with Crippen molar-refractivity contribution in [3.63, 3.8) is 0 Å². The molecule has 0 bridgehead atoms. The number of nitrogens with zero attached hydrogens (tertiary/aromatic N) is 2. The van der Waals surface area contributed by atoms with Crippen molar-refractivity contribution >= 4 is 145 Å². The van der Waals surface area contributed by atoms with Gasteiger partial charge in [0.1, 0.15) is 5.65 Å². The second-order valence-corrected chi connectivity index (χ2v) is 14.6. The van der Waals surface area contributed by atoms with Crippen LogP contribution in [0.5, 0.6) is 0 Å². The highest BCUT2D eigenvalue weighted by atomic mass is 35.5. The SMILES string of the molecule is C=C/C=C\c1cc2c(ccc3nc4c5cc(Cl)c6c7c(Cl)cc(C(=C)C)c8c(C(C)=O)cc(Cl)c(c9c(Cl)cc(c(=O)n4c32)c5c96)c87)cc1C. The van der Waals surface area contributed by atoms with Gasteiger partial charge in [0.15, 0.2) is 5.78 Å². The van der Waals surface area contributed by atoms with Crippen LogP contribution in [0, 0.1) is 6.92 Å². The number of hydrogen-bond donors (Lipinski definition) is 0. The van der Waals surface area contributed by atoms with E-state index < -0.39 is 0 Å². The summed E-state index contributed by atoms with van der Waals surface area (Å²) in [7, 11) is 0. The molecule has 0 fully saturated rings. The van der Waals surface area contributed by atoms with Gasteiger partial charge in [-0.2, -0.15) is 0 Å². The van der Waals surface area contributed by atoms with Gasteiger partial charge in [0.05, 0.1) is 16.4 Å². The number of imidazole rings is 1. The fraction of sp³-hybridized carbons (Fsp3) is 0.0714. The van der Waals surface area contributed by atoms with Gasteiger partial charge >= 0.3 is 0 Å². The molecular weight excluding hydrogens is 706 g/mol. The molecule has 0 aliphatic heterocycles. The first-order chi connectivity index (χ1) is 23.9. The molecule has 7 aromatic carbocycles. The summed E-state index contributed by atoms with van der Waals surface area (Å²) in [4.78, 5) is 32.9. The maximum absolute atomic E-state index is 14.8. The Kier molecular flexibility index (Phi) is 6.66. The largest absolute Gasteiger partial charge is 0.294 e. The highest BCUT2D eigenvalue weighted by molar-refractivity contribution is 6.55. The molecule has 50 heavy (non-hydrogen) atoms. The number of fused-ring (bicyclic) bond motifs is 8. The summed E-state index contributed by atoms with van der Waals surface area (Å²) in [6.07, 6.45) is 5.63. The predicted molar refractivity (Wildman–Crippen MR) is 215 cm³/mol. The number of aryl methyl sites for hydroxylation is 1.